The van der Waals surface area contributed by atoms with E-state index in [-0.39, 0.29) is 9.76 Å². The first-order valence-corrected chi connectivity index (χ1v) is 16.1. The molecule has 2 atom stereocenters. The molecule has 0 amide bonds. The van der Waals surface area contributed by atoms with Crippen molar-refractivity contribution < 1.29 is 4.43 Å². The zero-order chi connectivity index (χ0) is 22.8. The maximum Gasteiger partial charge on any atom is 0.158 e. The van der Waals surface area contributed by atoms with E-state index < -0.39 is 0 Å². The van der Waals surface area contributed by atoms with Crippen molar-refractivity contribution in [2.75, 3.05) is 6.61 Å². The molecule has 1 aliphatic rings. The highest BCUT2D eigenvalue weighted by Crippen LogP contribution is 2.20. The van der Waals surface area contributed by atoms with Gasteiger partial charge in [-0.25, -0.2) is 0 Å². The van der Waals surface area contributed by atoms with Crippen LogP contribution in [0.1, 0.15) is 136 Å². The summed E-state index contributed by atoms with van der Waals surface area (Å²) < 4.78 is 5.83. The Kier molecular flexibility index (Phi) is 25.6. The van der Waals surface area contributed by atoms with Crippen LogP contribution in [0.5, 0.6) is 0 Å². The van der Waals surface area contributed by atoms with Crippen LogP contribution in [-0.4, -0.2) is 16.4 Å². The first-order valence-electron chi connectivity index (χ1n) is 14.1. The minimum absolute atomic E-state index is 0.221. The van der Waals surface area contributed by atoms with E-state index in [1.165, 1.54) is 122 Å². The predicted octanol–water partition coefficient (Wildman–Crippen LogP) is 9.56. The summed E-state index contributed by atoms with van der Waals surface area (Å²) >= 11 is 0. The van der Waals surface area contributed by atoms with E-state index in [2.05, 4.69) is 39.1 Å². The molecule has 0 radical (unpaired) electrons. The van der Waals surface area contributed by atoms with Crippen LogP contribution in [0.15, 0.2) is 24.8 Å². The SMILES string of the molecule is C=CCCCCCCCC(CCCCCCCC)CO[SiH2]C.CC1/C=C\CCCCC1. The second-order valence-corrected chi connectivity index (χ2v) is 10.7. The molecule has 184 valence electrons. The standard InChI is InChI=1S/C20H42OSi.C9H16/c1-4-6-8-10-12-14-16-18-20(19-21-22-3)17-15-13-11-9-7-5-2;1-9-7-5-3-2-4-6-8-9/h4,20H,1,5-19,22H2,2-3H3;5,7,9H,2-4,6,8H2,1H3/b;7-5-. The fourth-order valence-corrected chi connectivity index (χ4v) is 4.96. The molecular weight excluding hydrogens is 392 g/mol. The van der Waals surface area contributed by atoms with E-state index in [9.17, 15) is 0 Å². The van der Waals surface area contributed by atoms with Crippen molar-refractivity contribution in [2.24, 2.45) is 11.8 Å². The van der Waals surface area contributed by atoms with Gasteiger partial charge in [0.15, 0.2) is 9.76 Å². The van der Waals surface area contributed by atoms with Crippen molar-refractivity contribution in [1.82, 2.24) is 0 Å². The van der Waals surface area contributed by atoms with Gasteiger partial charge >= 0.3 is 0 Å². The third-order valence-corrected chi connectivity index (χ3v) is 7.18. The molecule has 2 heteroatoms. The Morgan fingerprint density at radius 2 is 1.58 bits per heavy atom. The lowest BCUT2D eigenvalue weighted by Crippen LogP contribution is -2.11. The van der Waals surface area contributed by atoms with Crippen molar-refractivity contribution in [3.63, 3.8) is 0 Å². The fourth-order valence-electron chi connectivity index (χ4n) is 4.39. The first-order chi connectivity index (χ1) is 15.2. The topological polar surface area (TPSA) is 9.23 Å². The molecule has 2 unspecified atom stereocenters. The Bertz CT molecular complexity index is 379. The van der Waals surface area contributed by atoms with Crippen molar-refractivity contribution in [2.45, 2.75) is 142 Å². The van der Waals surface area contributed by atoms with Gasteiger partial charge in [0.05, 0.1) is 0 Å². The van der Waals surface area contributed by atoms with Crippen LogP contribution < -0.4 is 0 Å². The van der Waals surface area contributed by atoms with Crippen molar-refractivity contribution >= 4 is 9.76 Å². The molecule has 0 bridgehead atoms. The Morgan fingerprint density at radius 3 is 2.23 bits per heavy atom. The summed E-state index contributed by atoms with van der Waals surface area (Å²) in [6.07, 6.45) is 33.1. The monoisotopic (exact) mass is 450 g/mol. The van der Waals surface area contributed by atoms with Gasteiger partial charge in [-0.1, -0.05) is 116 Å². The highest BCUT2D eigenvalue weighted by molar-refractivity contribution is 6.24. The molecule has 0 saturated heterocycles. The largest absolute Gasteiger partial charge is 0.424 e. The summed E-state index contributed by atoms with van der Waals surface area (Å²) in [5.41, 5.74) is 0. The molecular formula is C29H58OSi. The Morgan fingerprint density at radius 1 is 0.935 bits per heavy atom. The summed E-state index contributed by atoms with van der Waals surface area (Å²) in [6, 6.07) is 0. The lowest BCUT2D eigenvalue weighted by Gasteiger charge is -2.17. The average Bonchev–Trinajstić information content (AvgIpc) is 2.76. The van der Waals surface area contributed by atoms with Crippen LogP contribution in [-0.2, 0) is 4.43 Å². The van der Waals surface area contributed by atoms with Gasteiger partial charge in [-0.2, -0.15) is 0 Å². The molecule has 0 aromatic carbocycles. The Labute approximate surface area is 199 Å². The third-order valence-electron chi connectivity index (χ3n) is 6.54. The lowest BCUT2D eigenvalue weighted by molar-refractivity contribution is 0.234. The van der Waals surface area contributed by atoms with Gasteiger partial charge in [0, 0.05) is 6.61 Å². The van der Waals surface area contributed by atoms with Crippen molar-refractivity contribution in [3.8, 4) is 0 Å². The molecule has 0 fully saturated rings. The smallest absolute Gasteiger partial charge is 0.158 e. The van der Waals surface area contributed by atoms with Gasteiger partial charge in [0.25, 0.3) is 0 Å². The van der Waals surface area contributed by atoms with Gasteiger partial charge in [-0.3, -0.25) is 0 Å². The number of unbranched alkanes of at least 4 members (excludes halogenated alkanes) is 10. The molecule has 0 aromatic rings. The molecule has 0 aliphatic heterocycles. The molecule has 1 rings (SSSR count). The van der Waals surface area contributed by atoms with Crippen LogP contribution in [0.2, 0.25) is 6.55 Å². The number of allylic oxidation sites excluding steroid dienone is 3. The minimum atomic E-state index is -0.221. The van der Waals surface area contributed by atoms with Crippen LogP contribution in [0.4, 0.5) is 0 Å². The molecule has 1 aliphatic carbocycles. The predicted molar refractivity (Wildman–Crippen MR) is 146 cm³/mol. The number of hydrogen-bond donors (Lipinski definition) is 0. The van der Waals surface area contributed by atoms with Crippen molar-refractivity contribution in [3.05, 3.63) is 24.8 Å². The van der Waals surface area contributed by atoms with E-state index in [4.69, 9.17) is 4.43 Å². The molecule has 0 heterocycles. The Hall–Kier alpha value is -0.343. The van der Waals surface area contributed by atoms with Gasteiger partial charge in [0.2, 0.25) is 0 Å². The summed E-state index contributed by atoms with van der Waals surface area (Å²) in [4.78, 5) is 0. The summed E-state index contributed by atoms with van der Waals surface area (Å²) in [5.74, 6) is 1.68. The van der Waals surface area contributed by atoms with E-state index in [0.29, 0.717) is 0 Å². The zero-order valence-electron chi connectivity index (χ0n) is 21.9. The zero-order valence-corrected chi connectivity index (χ0v) is 23.3. The minimum Gasteiger partial charge on any atom is -0.424 e. The van der Waals surface area contributed by atoms with E-state index >= 15 is 0 Å². The molecule has 0 spiro atoms. The second-order valence-electron chi connectivity index (χ2n) is 9.76. The van der Waals surface area contributed by atoms with E-state index in [1.807, 2.05) is 6.08 Å². The highest BCUT2D eigenvalue weighted by Gasteiger charge is 2.08. The lowest BCUT2D eigenvalue weighted by atomic mass is 9.95. The van der Waals surface area contributed by atoms with Gasteiger partial charge in [0.1, 0.15) is 0 Å². The quantitative estimate of drug-likeness (QED) is 0.115. The van der Waals surface area contributed by atoms with Crippen LogP contribution in [0, 0.1) is 11.8 Å². The maximum absolute atomic E-state index is 5.83. The summed E-state index contributed by atoms with van der Waals surface area (Å²) in [6.45, 7) is 11.7. The number of rotatable bonds is 18. The van der Waals surface area contributed by atoms with Gasteiger partial charge < -0.3 is 4.43 Å². The summed E-state index contributed by atoms with van der Waals surface area (Å²) in [7, 11) is -0.221. The molecule has 0 aromatic heterocycles. The Balaban J connectivity index is 0.000000823. The molecule has 31 heavy (non-hydrogen) atoms. The average molecular weight is 451 g/mol. The van der Waals surface area contributed by atoms with E-state index in [0.717, 1.165) is 18.4 Å². The van der Waals surface area contributed by atoms with Crippen LogP contribution >= 0.6 is 0 Å². The van der Waals surface area contributed by atoms with Crippen LogP contribution in [0.25, 0.3) is 0 Å². The fraction of sp³-hybridized carbons (Fsp3) is 0.862. The molecule has 0 saturated carbocycles. The van der Waals surface area contributed by atoms with Gasteiger partial charge in [-0.15, -0.1) is 6.58 Å². The van der Waals surface area contributed by atoms with Crippen molar-refractivity contribution in [1.29, 1.82) is 0 Å². The highest BCUT2D eigenvalue weighted by atomic mass is 28.2. The van der Waals surface area contributed by atoms with Gasteiger partial charge in [-0.05, 0) is 56.8 Å². The molecule has 0 N–H and O–H groups in total. The van der Waals surface area contributed by atoms with E-state index in [1.54, 1.807) is 0 Å². The normalized spacial score (nSPS) is 18.7. The maximum atomic E-state index is 5.83. The second kappa shape index (κ2) is 25.9. The molecule has 1 nitrogen and oxygen atoms in total. The summed E-state index contributed by atoms with van der Waals surface area (Å²) in [5, 5.41) is 0. The third kappa shape index (κ3) is 24.1. The number of hydrogen-bond acceptors (Lipinski definition) is 1. The van der Waals surface area contributed by atoms with Crippen LogP contribution in [0.3, 0.4) is 0 Å². The first kappa shape index (κ1) is 30.7.